The molecule has 0 amide bonds. The largest absolute Gasteiger partial charge is 0.329 e. The van der Waals surface area contributed by atoms with Crippen LogP contribution in [0.1, 0.15) is 24.2 Å². The number of rotatable bonds is 5. The number of nitrogens with two attached hydrogens (primary N) is 1. The van der Waals surface area contributed by atoms with Crippen molar-refractivity contribution in [2.45, 2.75) is 37.6 Å². The number of hydrogen-bond donors (Lipinski definition) is 3. The standard InChI is InChI=1S/C12H23N5O2S/c1-9-12(10(2)15-14-9)20(18,19)16-11-3-6-17(7-4-11)8-5-13/h11,16H,3-8,13H2,1-2H3,(H,14,15). The molecule has 2 heterocycles. The van der Waals surface area contributed by atoms with E-state index >= 15 is 0 Å². The van der Waals surface area contributed by atoms with Crippen molar-refractivity contribution < 1.29 is 8.42 Å². The number of nitrogens with one attached hydrogen (secondary N) is 2. The molecule has 0 unspecified atom stereocenters. The summed E-state index contributed by atoms with van der Waals surface area (Å²) in [4.78, 5) is 2.54. The lowest BCUT2D eigenvalue weighted by atomic mass is 10.1. The Morgan fingerprint density at radius 1 is 1.40 bits per heavy atom. The van der Waals surface area contributed by atoms with E-state index in [0.29, 0.717) is 17.9 Å². The second kappa shape index (κ2) is 6.21. The molecular formula is C12H23N5O2S. The van der Waals surface area contributed by atoms with Crippen molar-refractivity contribution in [2.24, 2.45) is 5.73 Å². The summed E-state index contributed by atoms with van der Waals surface area (Å²) in [6, 6.07) is -0.0114. The van der Waals surface area contributed by atoms with Gasteiger partial charge in [0.2, 0.25) is 10.0 Å². The molecule has 2 rings (SSSR count). The topological polar surface area (TPSA) is 104 Å². The fourth-order valence-corrected chi connectivity index (χ4v) is 4.35. The van der Waals surface area contributed by atoms with Gasteiger partial charge < -0.3 is 10.6 Å². The molecule has 7 nitrogen and oxygen atoms in total. The molecule has 8 heteroatoms. The summed E-state index contributed by atoms with van der Waals surface area (Å²) in [5.74, 6) is 0. The molecule has 1 saturated heterocycles. The van der Waals surface area contributed by atoms with Crippen LogP contribution in [0, 0.1) is 13.8 Å². The van der Waals surface area contributed by atoms with Crippen LogP contribution in [0.15, 0.2) is 4.90 Å². The number of aromatic amines is 1. The summed E-state index contributed by atoms with van der Waals surface area (Å²) < 4.78 is 27.6. The molecule has 1 aliphatic rings. The van der Waals surface area contributed by atoms with Gasteiger partial charge in [0.1, 0.15) is 4.90 Å². The van der Waals surface area contributed by atoms with Gasteiger partial charge in [0.25, 0.3) is 0 Å². The minimum Gasteiger partial charge on any atom is -0.329 e. The van der Waals surface area contributed by atoms with Crippen LogP contribution in [0.3, 0.4) is 0 Å². The Morgan fingerprint density at radius 2 is 2.05 bits per heavy atom. The molecule has 1 fully saturated rings. The molecule has 0 saturated carbocycles. The minimum absolute atomic E-state index is 0.0114. The van der Waals surface area contributed by atoms with Crippen LogP contribution >= 0.6 is 0 Å². The van der Waals surface area contributed by atoms with Gasteiger partial charge in [0.05, 0.1) is 11.4 Å². The summed E-state index contributed by atoms with van der Waals surface area (Å²) >= 11 is 0. The number of sulfonamides is 1. The van der Waals surface area contributed by atoms with Crippen LogP contribution < -0.4 is 10.5 Å². The fourth-order valence-electron chi connectivity index (χ4n) is 2.67. The molecule has 1 aliphatic heterocycles. The number of H-pyrrole nitrogens is 1. The first-order valence-corrected chi connectivity index (χ1v) is 8.38. The van der Waals surface area contributed by atoms with E-state index in [1.807, 2.05) is 0 Å². The number of aromatic nitrogens is 2. The van der Waals surface area contributed by atoms with E-state index in [9.17, 15) is 8.42 Å². The third-order valence-electron chi connectivity index (χ3n) is 3.68. The first-order valence-electron chi connectivity index (χ1n) is 6.90. The van der Waals surface area contributed by atoms with E-state index in [-0.39, 0.29) is 10.9 Å². The molecule has 0 aromatic carbocycles. The summed E-state index contributed by atoms with van der Waals surface area (Å²) in [5.41, 5.74) is 6.62. The lowest BCUT2D eigenvalue weighted by Gasteiger charge is -2.31. The van der Waals surface area contributed by atoms with Crippen LogP contribution in [-0.4, -0.2) is 55.7 Å². The third-order valence-corrected chi connectivity index (χ3v) is 5.47. The molecule has 20 heavy (non-hydrogen) atoms. The highest BCUT2D eigenvalue weighted by molar-refractivity contribution is 7.89. The quantitative estimate of drug-likeness (QED) is 0.694. The summed E-state index contributed by atoms with van der Waals surface area (Å²) in [7, 11) is -3.49. The van der Waals surface area contributed by atoms with Gasteiger partial charge in [-0.05, 0) is 39.8 Å². The average molecular weight is 301 g/mol. The zero-order valence-corrected chi connectivity index (χ0v) is 12.8. The second-order valence-corrected chi connectivity index (χ2v) is 6.94. The van der Waals surface area contributed by atoms with Crippen molar-refractivity contribution in [2.75, 3.05) is 26.2 Å². The molecule has 1 aromatic rings. The Kier molecular flexibility index (Phi) is 4.79. The number of hydrogen-bond acceptors (Lipinski definition) is 5. The van der Waals surface area contributed by atoms with Crippen molar-refractivity contribution in [3.8, 4) is 0 Å². The predicted octanol–water partition coefficient (Wildman–Crippen LogP) is -0.272. The van der Waals surface area contributed by atoms with E-state index in [4.69, 9.17) is 5.73 Å². The van der Waals surface area contributed by atoms with Gasteiger partial charge in [-0.3, -0.25) is 5.10 Å². The number of nitrogens with zero attached hydrogens (tertiary/aromatic N) is 2. The van der Waals surface area contributed by atoms with Gasteiger partial charge in [0.15, 0.2) is 0 Å². The van der Waals surface area contributed by atoms with Crippen LogP contribution in [-0.2, 0) is 10.0 Å². The lowest BCUT2D eigenvalue weighted by molar-refractivity contribution is 0.212. The number of aryl methyl sites for hydroxylation is 2. The van der Waals surface area contributed by atoms with E-state index in [0.717, 1.165) is 32.5 Å². The molecule has 114 valence electrons. The zero-order valence-electron chi connectivity index (χ0n) is 12.0. The van der Waals surface area contributed by atoms with Crippen molar-refractivity contribution in [3.05, 3.63) is 11.4 Å². The number of piperidine rings is 1. The first-order chi connectivity index (χ1) is 9.44. The molecular weight excluding hydrogens is 278 g/mol. The average Bonchev–Trinajstić information content (AvgIpc) is 2.72. The highest BCUT2D eigenvalue weighted by atomic mass is 32.2. The fraction of sp³-hybridized carbons (Fsp3) is 0.750. The second-order valence-electron chi connectivity index (χ2n) is 5.29. The molecule has 4 N–H and O–H groups in total. The molecule has 0 aliphatic carbocycles. The molecule has 0 atom stereocenters. The minimum atomic E-state index is -3.49. The molecule has 0 radical (unpaired) electrons. The van der Waals surface area contributed by atoms with E-state index in [1.165, 1.54) is 0 Å². The van der Waals surface area contributed by atoms with Crippen molar-refractivity contribution >= 4 is 10.0 Å². The highest BCUT2D eigenvalue weighted by Gasteiger charge is 2.27. The molecule has 0 bridgehead atoms. The Bertz CT molecular complexity index is 527. The van der Waals surface area contributed by atoms with Crippen molar-refractivity contribution in [1.29, 1.82) is 0 Å². The Labute approximate surface area is 120 Å². The predicted molar refractivity (Wildman–Crippen MR) is 76.9 cm³/mol. The first kappa shape index (κ1) is 15.4. The zero-order chi connectivity index (χ0) is 14.8. The van der Waals surface area contributed by atoms with Gasteiger partial charge >= 0.3 is 0 Å². The SMILES string of the molecule is Cc1n[nH]c(C)c1S(=O)(=O)NC1CCN(CCN)CC1. The molecule has 0 spiro atoms. The monoisotopic (exact) mass is 301 g/mol. The maximum atomic E-state index is 12.4. The van der Waals surface area contributed by atoms with Gasteiger partial charge in [-0.2, -0.15) is 5.10 Å². The van der Waals surface area contributed by atoms with Crippen LogP contribution in [0.2, 0.25) is 0 Å². The van der Waals surface area contributed by atoms with Gasteiger partial charge in [0, 0.05) is 19.1 Å². The van der Waals surface area contributed by atoms with Crippen LogP contribution in [0.25, 0.3) is 0 Å². The lowest BCUT2D eigenvalue weighted by Crippen LogP contribution is -2.45. The van der Waals surface area contributed by atoms with Crippen molar-refractivity contribution in [3.63, 3.8) is 0 Å². The third kappa shape index (κ3) is 3.38. The van der Waals surface area contributed by atoms with Gasteiger partial charge in [-0.25, -0.2) is 13.1 Å². The Balaban J connectivity index is 2.00. The summed E-state index contributed by atoms with van der Waals surface area (Å²) in [5, 5.41) is 6.66. The Morgan fingerprint density at radius 3 is 2.55 bits per heavy atom. The summed E-state index contributed by atoms with van der Waals surface area (Å²) in [6.45, 7) is 6.70. The smallest absolute Gasteiger partial charge is 0.244 e. The van der Waals surface area contributed by atoms with Crippen LogP contribution in [0.5, 0.6) is 0 Å². The van der Waals surface area contributed by atoms with Gasteiger partial charge in [-0.1, -0.05) is 0 Å². The maximum absolute atomic E-state index is 12.4. The molecule has 1 aromatic heterocycles. The van der Waals surface area contributed by atoms with E-state index in [2.05, 4.69) is 19.8 Å². The highest BCUT2D eigenvalue weighted by Crippen LogP contribution is 2.19. The van der Waals surface area contributed by atoms with E-state index in [1.54, 1.807) is 13.8 Å². The van der Waals surface area contributed by atoms with Crippen molar-refractivity contribution in [1.82, 2.24) is 19.8 Å². The summed E-state index contributed by atoms with van der Waals surface area (Å²) in [6.07, 6.45) is 1.63. The van der Waals surface area contributed by atoms with E-state index < -0.39 is 10.0 Å². The Hall–Kier alpha value is -0.960. The maximum Gasteiger partial charge on any atom is 0.244 e. The number of likely N-dealkylation sites (tertiary alicyclic amines) is 1. The van der Waals surface area contributed by atoms with Crippen LogP contribution in [0.4, 0.5) is 0 Å². The van der Waals surface area contributed by atoms with Gasteiger partial charge in [-0.15, -0.1) is 0 Å². The normalized spacial score (nSPS) is 18.6.